The number of halogens is 1. The molecule has 6 nitrogen and oxygen atoms in total. The molecule has 3 N–H and O–H groups in total. The van der Waals surface area contributed by atoms with Gasteiger partial charge in [-0.3, -0.25) is 15.2 Å². The third-order valence-corrected chi connectivity index (χ3v) is 2.00. The predicted molar refractivity (Wildman–Crippen MR) is 55.0 cm³/mol. The SMILES string of the molecule is Nc1cc(-c2cc(F)cc([N+](=O)[O-])c2)[nH]n1. The number of H-pyrrole nitrogens is 1. The summed E-state index contributed by atoms with van der Waals surface area (Å²) in [7, 11) is 0. The van der Waals surface area contributed by atoms with Crippen LogP contribution in [0.2, 0.25) is 0 Å². The minimum absolute atomic E-state index is 0.238. The van der Waals surface area contributed by atoms with Gasteiger partial charge in [-0.2, -0.15) is 5.10 Å². The Hall–Kier alpha value is -2.44. The summed E-state index contributed by atoms with van der Waals surface area (Å²) < 4.78 is 13.1. The monoisotopic (exact) mass is 222 g/mol. The molecule has 0 unspecified atom stereocenters. The molecule has 7 heteroatoms. The maximum Gasteiger partial charge on any atom is 0.273 e. The van der Waals surface area contributed by atoms with Crippen molar-refractivity contribution in [2.24, 2.45) is 0 Å². The molecule has 1 aromatic carbocycles. The molecule has 0 aliphatic carbocycles. The van der Waals surface area contributed by atoms with Gasteiger partial charge in [0.2, 0.25) is 0 Å². The van der Waals surface area contributed by atoms with E-state index in [0.717, 1.165) is 6.07 Å². The number of hydrogen-bond donors (Lipinski definition) is 2. The zero-order chi connectivity index (χ0) is 11.7. The maximum atomic E-state index is 13.1. The second-order valence-electron chi connectivity index (χ2n) is 3.16. The molecular weight excluding hydrogens is 215 g/mol. The van der Waals surface area contributed by atoms with Crippen LogP contribution in [0.5, 0.6) is 0 Å². The number of aromatic amines is 1. The Morgan fingerprint density at radius 2 is 2.12 bits per heavy atom. The molecule has 0 atom stereocenters. The van der Waals surface area contributed by atoms with Crippen molar-refractivity contribution < 1.29 is 9.31 Å². The number of benzene rings is 1. The van der Waals surface area contributed by atoms with Crippen LogP contribution in [0.15, 0.2) is 24.3 Å². The third-order valence-electron chi connectivity index (χ3n) is 2.00. The highest BCUT2D eigenvalue weighted by Gasteiger charge is 2.12. The molecule has 82 valence electrons. The highest BCUT2D eigenvalue weighted by Crippen LogP contribution is 2.24. The normalized spacial score (nSPS) is 10.3. The average Bonchev–Trinajstić information content (AvgIpc) is 2.64. The Morgan fingerprint density at radius 1 is 1.38 bits per heavy atom. The van der Waals surface area contributed by atoms with E-state index in [0.29, 0.717) is 11.3 Å². The quantitative estimate of drug-likeness (QED) is 0.596. The smallest absolute Gasteiger partial charge is 0.273 e. The number of non-ortho nitro benzene ring substituents is 1. The van der Waals surface area contributed by atoms with Crippen molar-refractivity contribution >= 4 is 11.5 Å². The first-order valence-electron chi connectivity index (χ1n) is 4.32. The van der Waals surface area contributed by atoms with Gasteiger partial charge in [-0.05, 0) is 6.07 Å². The first-order valence-corrected chi connectivity index (χ1v) is 4.32. The van der Waals surface area contributed by atoms with Gasteiger partial charge < -0.3 is 5.73 Å². The topological polar surface area (TPSA) is 97.8 Å². The van der Waals surface area contributed by atoms with Crippen LogP contribution in [-0.2, 0) is 0 Å². The van der Waals surface area contributed by atoms with Crippen LogP contribution in [0.25, 0.3) is 11.3 Å². The molecule has 0 amide bonds. The van der Waals surface area contributed by atoms with Gasteiger partial charge in [0, 0.05) is 17.7 Å². The van der Waals surface area contributed by atoms with Crippen LogP contribution in [0.1, 0.15) is 0 Å². The largest absolute Gasteiger partial charge is 0.382 e. The van der Waals surface area contributed by atoms with Gasteiger partial charge >= 0.3 is 0 Å². The van der Waals surface area contributed by atoms with E-state index in [1.807, 2.05) is 0 Å². The number of hydrogen-bond acceptors (Lipinski definition) is 4. The number of nitro groups is 1. The number of nitro benzene ring substituents is 1. The van der Waals surface area contributed by atoms with E-state index in [9.17, 15) is 14.5 Å². The van der Waals surface area contributed by atoms with Crippen LogP contribution in [0, 0.1) is 15.9 Å². The number of anilines is 1. The molecule has 2 aromatic rings. The number of nitrogens with zero attached hydrogens (tertiary/aromatic N) is 2. The average molecular weight is 222 g/mol. The molecular formula is C9H7FN4O2. The Morgan fingerprint density at radius 3 is 2.69 bits per heavy atom. The summed E-state index contributed by atoms with van der Waals surface area (Å²) in [4.78, 5) is 9.87. The number of nitrogens with one attached hydrogen (secondary N) is 1. The minimum Gasteiger partial charge on any atom is -0.382 e. The van der Waals surface area contributed by atoms with Crippen molar-refractivity contribution in [1.29, 1.82) is 0 Å². The zero-order valence-electron chi connectivity index (χ0n) is 7.98. The molecule has 0 fully saturated rings. The molecule has 0 bridgehead atoms. The van der Waals surface area contributed by atoms with Gasteiger partial charge in [-0.1, -0.05) is 0 Å². The Balaban J connectivity index is 2.53. The molecule has 1 aromatic heterocycles. The van der Waals surface area contributed by atoms with Crippen molar-refractivity contribution in [3.05, 3.63) is 40.2 Å². The molecule has 0 aliphatic rings. The molecule has 16 heavy (non-hydrogen) atoms. The molecule has 0 saturated heterocycles. The van der Waals surface area contributed by atoms with Crippen molar-refractivity contribution in [3.63, 3.8) is 0 Å². The van der Waals surface area contributed by atoms with E-state index in [1.165, 1.54) is 18.2 Å². The third kappa shape index (κ3) is 1.83. The van der Waals surface area contributed by atoms with Gasteiger partial charge in [-0.25, -0.2) is 4.39 Å². The summed E-state index contributed by atoms with van der Waals surface area (Å²) in [6.45, 7) is 0. The molecule has 0 spiro atoms. The van der Waals surface area contributed by atoms with Gasteiger partial charge in [0.25, 0.3) is 5.69 Å². The number of nitrogen functional groups attached to an aromatic ring is 1. The van der Waals surface area contributed by atoms with Crippen LogP contribution < -0.4 is 5.73 Å². The van der Waals surface area contributed by atoms with Crippen LogP contribution in [0.3, 0.4) is 0 Å². The van der Waals surface area contributed by atoms with Crippen molar-refractivity contribution in [1.82, 2.24) is 10.2 Å². The van der Waals surface area contributed by atoms with E-state index >= 15 is 0 Å². The highest BCUT2D eigenvalue weighted by atomic mass is 19.1. The Labute approximate surface area is 89.0 Å². The fourth-order valence-electron chi connectivity index (χ4n) is 1.32. The molecule has 1 heterocycles. The van der Waals surface area contributed by atoms with Gasteiger partial charge in [0.15, 0.2) is 0 Å². The molecule has 0 radical (unpaired) electrons. The van der Waals surface area contributed by atoms with Crippen LogP contribution >= 0.6 is 0 Å². The highest BCUT2D eigenvalue weighted by molar-refractivity contribution is 5.64. The number of rotatable bonds is 2. The fourth-order valence-corrected chi connectivity index (χ4v) is 1.32. The summed E-state index contributed by atoms with van der Waals surface area (Å²) >= 11 is 0. The van der Waals surface area contributed by atoms with E-state index in [4.69, 9.17) is 5.73 Å². The lowest BCUT2D eigenvalue weighted by molar-refractivity contribution is -0.385. The van der Waals surface area contributed by atoms with Gasteiger partial charge in [-0.15, -0.1) is 0 Å². The summed E-state index contributed by atoms with van der Waals surface area (Å²) in [6, 6.07) is 4.73. The zero-order valence-corrected chi connectivity index (χ0v) is 7.98. The second-order valence-corrected chi connectivity index (χ2v) is 3.16. The Kier molecular flexibility index (Phi) is 2.28. The number of nitrogens with two attached hydrogens (primary N) is 1. The standard InChI is InChI=1S/C9H7FN4O2/c10-6-1-5(2-7(3-6)14(15)16)8-4-9(11)13-12-8/h1-4H,(H3,11,12,13). The number of aromatic nitrogens is 2. The van der Waals surface area contributed by atoms with Gasteiger partial charge in [0.05, 0.1) is 16.7 Å². The van der Waals surface area contributed by atoms with E-state index in [2.05, 4.69) is 10.2 Å². The minimum atomic E-state index is -0.683. The molecule has 2 rings (SSSR count). The summed E-state index contributed by atoms with van der Waals surface area (Å²) in [6.07, 6.45) is 0. The van der Waals surface area contributed by atoms with E-state index < -0.39 is 10.7 Å². The summed E-state index contributed by atoms with van der Waals surface area (Å²) in [5.41, 5.74) is 5.83. The predicted octanol–water partition coefficient (Wildman–Crippen LogP) is 1.71. The maximum absolute atomic E-state index is 13.1. The fraction of sp³-hybridized carbons (Fsp3) is 0. The van der Waals surface area contributed by atoms with E-state index in [1.54, 1.807) is 0 Å². The van der Waals surface area contributed by atoms with Gasteiger partial charge in [0.1, 0.15) is 11.6 Å². The lowest BCUT2D eigenvalue weighted by Gasteiger charge is -1.98. The van der Waals surface area contributed by atoms with E-state index in [-0.39, 0.29) is 11.5 Å². The molecule has 0 saturated carbocycles. The lowest BCUT2D eigenvalue weighted by atomic mass is 10.1. The first kappa shape index (κ1) is 10.1. The second kappa shape index (κ2) is 3.61. The van der Waals surface area contributed by atoms with Crippen molar-refractivity contribution in [2.45, 2.75) is 0 Å². The first-order chi connectivity index (χ1) is 7.56. The van der Waals surface area contributed by atoms with Crippen LogP contribution in [-0.4, -0.2) is 15.1 Å². The summed E-state index contributed by atoms with van der Waals surface area (Å²) in [5, 5.41) is 16.7. The van der Waals surface area contributed by atoms with Crippen molar-refractivity contribution in [3.8, 4) is 11.3 Å². The molecule has 0 aliphatic heterocycles. The Bertz CT molecular complexity index is 552. The van der Waals surface area contributed by atoms with Crippen molar-refractivity contribution in [2.75, 3.05) is 5.73 Å². The summed E-state index contributed by atoms with van der Waals surface area (Å²) in [5.74, 6) is -0.445. The van der Waals surface area contributed by atoms with Crippen LogP contribution in [0.4, 0.5) is 15.9 Å². The lowest BCUT2D eigenvalue weighted by Crippen LogP contribution is -1.90.